The topological polar surface area (TPSA) is 73.3 Å². The molecule has 0 amide bonds. The van der Waals surface area contributed by atoms with E-state index in [-0.39, 0.29) is 18.8 Å². The summed E-state index contributed by atoms with van der Waals surface area (Å²) < 4.78 is 0. The van der Waals surface area contributed by atoms with Gasteiger partial charge in [0.2, 0.25) is 0 Å². The van der Waals surface area contributed by atoms with Gasteiger partial charge in [0, 0.05) is 5.97 Å². The number of carboxylic acids is 1. The van der Waals surface area contributed by atoms with Crippen molar-refractivity contribution >= 4 is 5.97 Å². The average Bonchev–Trinajstić information content (AvgIpc) is 2.67. The quantitative estimate of drug-likeness (QED) is 0.304. The number of carbonyl (C=O) groups excluding carboxylic acids is 1. The molecule has 4 nitrogen and oxygen atoms in total. The van der Waals surface area contributed by atoms with E-state index in [9.17, 15) is 9.90 Å². The molecule has 5 heteroatoms. The van der Waals surface area contributed by atoms with E-state index in [2.05, 4.69) is 45.3 Å². The zero-order valence-electron chi connectivity index (χ0n) is 20.6. The molecule has 0 aliphatic heterocycles. The monoisotopic (exact) mass is 438 g/mol. The van der Waals surface area contributed by atoms with Crippen LogP contribution in [0.1, 0.15) is 125 Å². The molecular weight excluding hydrogens is 384 g/mol. The van der Waals surface area contributed by atoms with Crippen molar-refractivity contribution in [2.24, 2.45) is 0 Å². The van der Waals surface area contributed by atoms with Crippen LogP contribution >= 0.6 is 0 Å². The number of hydrogen-bond acceptors (Lipinski definition) is 2. The van der Waals surface area contributed by atoms with E-state index in [1.807, 2.05) is 0 Å². The summed E-state index contributed by atoms with van der Waals surface area (Å²) >= 11 is 0. The van der Waals surface area contributed by atoms with Gasteiger partial charge in [0.05, 0.1) is 26.2 Å². The summed E-state index contributed by atoms with van der Waals surface area (Å²) in [4.78, 5) is 10.2. The van der Waals surface area contributed by atoms with Crippen molar-refractivity contribution in [2.45, 2.75) is 125 Å². The standard InChI is InChI=1S/C16H32O2.2C4H11N.ClH/c1-2-3-4-5-6-7-8-9-10-11-12-13-14-15-16(17)18;2*1-3-5-4-2;/h2-15H2,1H3,(H,17,18);2*5H,3-4H2,1-2H3;1H. The van der Waals surface area contributed by atoms with Gasteiger partial charge in [-0.2, -0.15) is 0 Å². The molecule has 0 unspecified atom stereocenters. The van der Waals surface area contributed by atoms with Gasteiger partial charge >= 0.3 is 0 Å². The molecule has 0 bridgehead atoms. The van der Waals surface area contributed by atoms with Crippen LogP contribution in [0.3, 0.4) is 0 Å². The lowest BCUT2D eigenvalue weighted by atomic mass is 10.0. The van der Waals surface area contributed by atoms with Crippen LogP contribution in [0.5, 0.6) is 0 Å². The predicted octanol–water partition coefficient (Wildman–Crippen LogP) is 0.401. The first kappa shape index (κ1) is 36.1. The molecule has 180 valence electrons. The van der Waals surface area contributed by atoms with Crippen LogP contribution in [0.15, 0.2) is 0 Å². The second-order valence-corrected chi connectivity index (χ2v) is 7.57. The molecule has 0 aromatic heterocycles. The van der Waals surface area contributed by atoms with Gasteiger partial charge in [0.15, 0.2) is 0 Å². The molecule has 0 aromatic carbocycles. The fourth-order valence-corrected chi connectivity index (χ4v) is 2.86. The van der Waals surface area contributed by atoms with E-state index in [1.165, 1.54) is 96.8 Å². The van der Waals surface area contributed by atoms with E-state index in [0.717, 1.165) is 12.8 Å². The van der Waals surface area contributed by atoms with Crippen molar-refractivity contribution in [2.75, 3.05) is 26.2 Å². The SMILES string of the molecule is CCCCCCCCCCCCCCCC(=O)[O-].CC[NH2+]CC.CC[NH2+]CC.[Cl-]. The Morgan fingerprint density at radius 3 is 1.03 bits per heavy atom. The number of carbonyl (C=O) groups is 1. The maximum Gasteiger partial charge on any atom is 0.0726 e. The van der Waals surface area contributed by atoms with Crippen molar-refractivity contribution in [3.63, 3.8) is 0 Å². The van der Waals surface area contributed by atoms with Gasteiger partial charge < -0.3 is 32.9 Å². The minimum Gasteiger partial charge on any atom is -1.00 e. The molecule has 4 N–H and O–H groups in total. The molecule has 0 aliphatic carbocycles. The number of unbranched alkanes of at least 4 members (excludes halogenated alkanes) is 12. The fraction of sp³-hybridized carbons (Fsp3) is 0.958. The van der Waals surface area contributed by atoms with Gasteiger partial charge in [0.25, 0.3) is 0 Å². The largest absolute Gasteiger partial charge is 1.00 e. The molecule has 0 rings (SSSR count). The number of halogens is 1. The summed E-state index contributed by atoms with van der Waals surface area (Å²) in [7, 11) is 0. The van der Waals surface area contributed by atoms with Gasteiger partial charge in [-0.15, -0.1) is 0 Å². The Bertz CT molecular complexity index is 257. The van der Waals surface area contributed by atoms with Crippen molar-refractivity contribution in [1.29, 1.82) is 0 Å². The highest BCUT2D eigenvalue weighted by Crippen LogP contribution is 2.12. The minimum absolute atomic E-state index is 0. The van der Waals surface area contributed by atoms with Crippen LogP contribution in [-0.2, 0) is 4.79 Å². The molecule has 0 aliphatic rings. The second kappa shape index (κ2) is 38.3. The molecule has 0 atom stereocenters. The second-order valence-electron chi connectivity index (χ2n) is 7.57. The highest BCUT2D eigenvalue weighted by atomic mass is 35.5. The van der Waals surface area contributed by atoms with Crippen LogP contribution in [0.4, 0.5) is 0 Å². The molecule has 0 fully saturated rings. The number of aliphatic carboxylic acids is 1. The molecule has 0 saturated heterocycles. The van der Waals surface area contributed by atoms with E-state index in [4.69, 9.17) is 0 Å². The summed E-state index contributed by atoms with van der Waals surface area (Å²) in [6, 6.07) is 0. The smallest absolute Gasteiger partial charge is 0.0726 e. The molecule has 0 aromatic rings. The first-order valence-electron chi connectivity index (χ1n) is 12.4. The Kier molecular flexibility index (Phi) is 47.7. The van der Waals surface area contributed by atoms with Crippen LogP contribution < -0.4 is 28.1 Å². The van der Waals surface area contributed by atoms with Crippen LogP contribution in [0.25, 0.3) is 0 Å². The lowest BCUT2D eigenvalue weighted by Gasteiger charge is -2.03. The summed E-state index contributed by atoms with van der Waals surface area (Å²) in [6.07, 6.45) is 16.9. The fourth-order valence-electron chi connectivity index (χ4n) is 2.86. The Balaban J connectivity index is -0.000000235. The Morgan fingerprint density at radius 1 is 0.552 bits per heavy atom. The Morgan fingerprint density at radius 2 is 0.828 bits per heavy atom. The van der Waals surface area contributed by atoms with E-state index < -0.39 is 5.97 Å². The minimum atomic E-state index is -0.905. The maximum atomic E-state index is 10.2. The molecular formula is C24H55ClN2O2. The van der Waals surface area contributed by atoms with Gasteiger partial charge in [-0.1, -0.05) is 84.0 Å². The summed E-state index contributed by atoms with van der Waals surface area (Å²) in [6.45, 7) is 15.8. The number of nitrogens with two attached hydrogens (primary N) is 2. The van der Waals surface area contributed by atoms with Crippen molar-refractivity contribution < 1.29 is 32.9 Å². The third-order valence-corrected chi connectivity index (χ3v) is 4.64. The molecule has 29 heavy (non-hydrogen) atoms. The Hall–Kier alpha value is -0.320. The summed E-state index contributed by atoms with van der Waals surface area (Å²) in [5.74, 6) is -0.905. The first-order chi connectivity index (χ1) is 13.6. The molecule has 0 radical (unpaired) electrons. The highest BCUT2D eigenvalue weighted by Gasteiger charge is 1.93. The summed E-state index contributed by atoms with van der Waals surface area (Å²) in [5.41, 5.74) is 0. The lowest BCUT2D eigenvalue weighted by Crippen LogP contribution is -3.00. The number of quaternary nitrogens is 2. The van der Waals surface area contributed by atoms with Gasteiger partial charge in [-0.3, -0.25) is 0 Å². The van der Waals surface area contributed by atoms with Crippen molar-refractivity contribution in [3.8, 4) is 0 Å². The Labute approximate surface area is 189 Å². The third kappa shape index (κ3) is 52.3. The normalized spacial score (nSPS) is 9.55. The average molecular weight is 439 g/mol. The van der Waals surface area contributed by atoms with E-state index >= 15 is 0 Å². The molecule has 0 heterocycles. The van der Waals surface area contributed by atoms with Gasteiger partial charge in [0.1, 0.15) is 0 Å². The van der Waals surface area contributed by atoms with E-state index in [0.29, 0.717) is 0 Å². The zero-order valence-corrected chi connectivity index (χ0v) is 21.3. The van der Waals surface area contributed by atoms with Crippen molar-refractivity contribution in [1.82, 2.24) is 0 Å². The predicted molar refractivity (Wildman–Crippen MR) is 121 cm³/mol. The third-order valence-electron chi connectivity index (χ3n) is 4.64. The lowest BCUT2D eigenvalue weighted by molar-refractivity contribution is -0.648. The van der Waals surface area contributed by atoms with Crippen LogP contribution in [0.2, 0.25) is 0 Å². The van der Waals surface area contributed by atoms with Crippen molar-refractivity contribution in [3.05, 3.63) is 0 Å². The van der Waals surface area contributed by atoms with Gasteiger partial charge in [-0.05, 0) is 40.5 Å². The van der Waals surface area contributed by atoms with Crippen LogP contribution in [0, 0.1) is 0 Å². The van der Waals surface area contributed by atoms with E-state index in [1.54, 1.807) is 0 Å². The molecule has 0 saturated carbocycles. The maximum absolute atomic E-state index is 10.2. The zero-order chi connectivity index (χ0) is 21.7. The number of rotatable bonds is 18. The number of carboxylic acid groups (broad SMARTS) is 1. The highest BCUT2D eigenvalue weighted by molar-refractivity contribution is 5.63. The summed E-state index contributed by atoms with van der Waals surface area (Å²) in [5, 5.41) is 14.7. The first-order valence-corrected chi connectivity index (χ1v) is 12.4. The molecule has 0 spiro atoms. The number of hydrogen-bond donors (Lipinski definition) is 2. The van der Waals surface area contributed by atoms with Gasteiger partial charge in [-0.25, -0.2) is 0 Å². The van der Waals surface area contributed by atoms with Crippen LogP contribution in [-0.4, -0.2) is 32.1 Å².